The fourth-order valence-electron chi connectivity index (χ4n) is 2.23. The largest absolute Gasteiger partial charge is 0.313 e. The number of benzene rings is 1. The van der Waals surface area contributed by atoms with Gasteiger partial charge in [0.1, 0.15) is 11.0 Å². The summed E-state index contributed by atoms with van der Waals surface area (Å²) in [6.07, 6.45) is 0.663. The van der Waals surface area contributed by atoms with Crippen LogP contribution in [0.15, 0.2) is 22.7 Å². The third-order valence-corrected chi connectivity index (χ3v) is 4.49. The van der Waals surface area contributed by atoms with E-state index in [0.29, 0.717) is 16.0 Å². The van der Waals surface area contributed by atoms with Crippen LogP contribution in [0.25, 0.3) is 0 Å². The average molecular weight is 361 g/mol. The van der Waals surface area contributed by atoms with Crippen molar-refractivity contribution < 1.29 is 4.39 Å². The van der Waals surface area contributed by atoms with Crippen molar-refractivity contribution in [3.8, 4) is 0 Å². The van der Waals surface area contributed by atoms with Crippen LogP contribution in [0.5, 0.6) is 0 Å². The molecule has 1 atom stereocenters. The number of likely N-dealkylation sites (N-methyl/N-ethyl adjacent to an activating group) is 1. The molecule has 2 rings (SSSR count). The molecule has 108 valence electrons. The maximum atomic E-state index is 13.7. The molecule has 0 amide bonds. The van der Waals surface area contributed by atoms with E-state index in [1.807, 2.05) is 27.1 Å². The summed E-state index contributed by atoms with van der Waals surface area (Å²) in [5.74, 6) is -0.267. The zero-order chi connectivity index (χ0) is 14.9. The van der Waals surface area contributed by atoms with Crippen molar-refractivity contribution in [1.82, 2.24) is 15.1 Å². The molecule has 1 N–H and O–H groups in total. The number of nitrogens with one attached hydrogen (secondary N) is 1. The van der Waals surface area contributed by atoms with Crippen LogP contribution in [0.2, 0.25) is 5.15 Å². The first kappa shape index (κ1) is 15.5. The minimum Gasteiger partial charge on any atom is -0.313 e. The summed E-state index contributed by atoms with van der Waals surface area (Å²) in [6, 6.07) is 5.13. The molecule has 6 heteroatoms. The number of aryl methyl sites for hydroxylation is 2. The van der Waals surface area contributed by atoms with Gasteiger partial charge in [0.2, 0.25) is 0 Å². The molecule has 20 heavy (non-hydrogen) atoms. The van der Waals surface area contributed by atoms with E-state index in [9.17, 15) is 4.39 Å². The number of halogens is 3. The Morgan fingerprint density at radius 3 is 2.70 bits per heavy atom. The standard InChI is InChI=1S/C14H16BrClFN3/c1-8-10(14(16)20(3)19-8)7-13(18-2)9-4-5-11(15)12(17)6-9/h4-6,13,18H,7H2,1-3H3. The molecule has 0 aliphatic heterocycles. The lowest BCUT2D eigenvalue weighted by Crippen LogP contribution is -2.19. The van der Waals surface area contributed by atoms with Crippen LogP contribution in [-0.4, -0.2) is 16.8 Å². The predicted octanol–water partition coefficient (Wildman–Crippen LogP) is 3.79. The van der Waals surface area contributed by atoms with Gasteiger partial charge in [0.25, 0.3) is 0 Å². The molecule has 1 aromatic carbocycles. The lowest BCUT2D eigenvalue weighted by Gasteiger charge is -2.17. The van der Waals surface area contributed by atoms with E-state index in [2.05, 4.69) is 26.3 Å². The van der Waals surface area contributed by atoms with Gasteiger partial charge in [-0.05, 0) is 54.0 Å². The fraction of sp³-hybridized carbons (Fsp3) is 0.357. The quantitative estimate of drug-likeness (QED) is 0.899. The van der Waals surface area contributed by atoms with E-state index in [-0.39, 0.29) is 11.9 Å². The van der Waals surface area contributed by atoms with Crippen LogP contribution in [0.3, 0.4) is 0 Å². The molecule has 1 aromatic heterocycles. The summed E-state index contributed by atoms with van der Waals surface area (Å²) in [6.45, 7) is 1.93. The van der Waals surface area contributed by atoms with E-state index in [1.54, 1.807) is 10.7 Å². The highest BCUT2D eigenvalue weighted by molar-refractivity contribution is 9.10. The molecule has 0 saturated heterocycles. The van der Waals surface area contributed by atoms with Crippen LogP contribution in [0.1, 0.15) is 22.9 Å². The average Bonchev–Trinajstić information content (AvgIpc) is 2.65. The van der Waals surface area contributed by atoms with Crippen molar-refractivity contribution in [2.24, 2.45) is 7.05 Å². The fourth-order valence-corrected chi connectivity index (χ4v) is 2.72. The second kappa shape index (κ2) is 6.24. The summed E-state index contributed by atoms with van der Waals surface area (Å²) in [5.41, 5.74) is 2.76. The Kier molecular flexibility index (Phi) is 4.83. The lowest BCUT2D eigenvalue weighted by molar-refractivity contribution is 0.574. The molecule has 0 aliphatic carbocycles. The molecular formula is C14H16BrClFN3. The van der Waals surface area contributed by atoms with E-state index in [1.165, 1.54) is 6.07 Å². The molecule has 1 unspecified atom stereocenters. The summed E-state index contributed by atoms with van der Waals surface area (Å²) < 4.78 is 15.8. The third-order valence-electron chi connectivity index (χ3n) is 3.37. The van der Waals surface area contributed by atoms with Gasteiger partial charge in [-0.25, -0.2) is 4.39 Å². The maximum Gasteiger partial charge on any atom is 0.137 e. The zero-order valence-electron chi connectivity index (χ0n) is 11.5. The second-order valence-corrected chi connectivity index (χ2v) is 5.91. The third kappa shape index (κ3) is 3.05. The number of nitrogens with zero attached hydrogens (tertiary/aromatic N) is 2. The normalized spacial score (nSPS) is 12.7. The first-order valence-corrected chi connectivity index (χ1v) is 7.41. The molecule has 0 fully saturated rings. The van der Waals surface area contributed by atoms with Crippen molar-refractivity contribution in [2.45, 2.75) is 19.4 Å². The Balaban J connectivity index is 2.31. The molecule has 3 nitrogen and oxygen atoms in total. The summed E-state index contributed by atoms with van der Waals surface area (Å²) >= 11 is 9.41. The molecule has 0 saturated carbocycles. The highest BCUT2D eigenvalue weighted by Gasteiger charge is 2.18. The molecular weight excluding hydrogens is 345 g/mol. The van der Waals surface area contributed by atoms with Gasteiger partial charge in [-0.1, -0.05) is 17.7 Å². The van der Waals surface area contributed by atoms with E-state index >= 15 is 0 Å². The van der Waals surface area contributed by atoms with Crippen molar-refractivity contribution in [2.75, 3.05) is 7.05 Å². The molecule has 1 heterocycles. The van der Waals surface area contributed by atoms with E-state index in [4.69, 9.17) is 11.6 Å². The Morgan fingerprint density at radius 1 is 1.50 bits per heavy atom. The van der Waals surface area contributed by atoms with Crippen LogP contribution in [0.4, 0.5) is 4.39 Å². The second-order valence-electron chi connectivity index (χ2n) is 4.70. The molecule has 2 aromatic rings. The topological polar surface area (TPSA) is 29.9 Å². The van der Waals surface area contributed by atoms with Crippen LogP contribution < -0.4 is 5.32 Å². The predicted molar refractivity (Wildman–Crippen MR) is 82.6 cm³/mol. The summed E-state index contributed by atoms with van der Waals surface area (Å²) in [5, 5.41) is 8.12. The zero-order valence-corrected chi connectivity index (χ0v) is 13.9. The number of hydrogen-bond acceptors (Lipinski definition) is 2. The van der Waals surface area contributed by atoms with Crippen LogP contribution >= 0.6 is 27.5 Å². The molecule has 0 bridgehead atoms. The van der Waals surface area contributed by atoms with Gasteiger partial charge in [0.15, 0.2) is 0 Å². The number of rotatable bonds is 4. The Morgan fingerprint density at radius 2 is 2.20 bits per heavy atom. The number of aromatic nitrogens is 2. The van der Waals surface area contributed by atoms with E-state index < -0.39 is 0 Å². The van der Waals surface area contributed by atoms with Gasteiger partial charge in [-0.2, -0.15) is 5.10 Å². The van der Waals surface area contributed by atoms with E-state index in [0.717, 1.165) is 16.8 Å². The van der Waals surface area contributed by atoms with Gasteiger partial charge < -0.3 is 5.32 Å². The maximum absolute atomic E-state index is 13.7. The monoisotopic (exact) mass is 359 g/mol. The highest BCUT2D eigenvalue weighted by Crippen LogP contribution is 2.27. The summed E-state index contributed by atoms with van der Waals surface area (Å²) in [4.78, 5) is 0. The Hall–Kier alpha value is -0.910. The van der Waals surface area contributed by atoms with Gasteiger partial charge in [-0.3, -0.25) is 4.68 Å². The first-order valence-electron chi connectivity index (χ1n) is 6.24. The van der Waals surface area contributed by atoms with Gasteiger partial charge in [0, 0.05) is 18.7 Å². The molecule has 0 aliphatic rings. The minimum atomic E-state index is -0.267. The molecule has 0 radical (unpaired) electrons. The SMILES string of the molecule is CNC(Cc1c(C)nn(C)c1Cl)c1ccc(Br)c(F)c1. The highest BCUT2D eigenvalue weighted by atomic mass is 79.9. The van der Waals surface area contributed by atoms with Gasteiger partial charge in [-0.15, -0.1) is 0 Å². The van der Waals surface area contributed by atoms with Crippen molar-refractivity contribution >= 4 is 27.5 Å². The minimum absolute atomic E-state index is 0.0157. The van der Waals surface area contributed by atoms with Gasteiger partial charge >= 0.3 is 0 Å². The summed E-state index contributed by atoms with van der Waals surface area (Å²) in [7, 11) is 3.66. The Bertz CT molecular complexity index is 627. The van der Waals surface area contributed by atoms with Gasteiger partial charge in [0.05, 0.1) is 10.2 Å². The number of hydrogen-bond donors (Lipinski definition) is 1. The van der Waals surface area contributed by atoms with Crippen LogP contribution in [-0.2, 0) is 13.5 Å². The van der Waals surface area contributed by atoms with Crippen molar-refractivity contribution in [3.05, 3.63) is 50.5 Å². The first-order chi connectivity index (χ1) is 9.43. The van der Waals surface area contributed by atoms with Crippen molar-refractivity contribution in [3.63, 3.8) is 0 Å². The van der Waals surface area contributed by atoms with Crippen LogP contribution in [0, 0.1) is 12.7 Å². The molecule has 0 spiro atoms. The lowest BCUT2D eigenvalue weighted by atomic mass is 9.99. The Labute approximate surface area is 131 Å². The smallest absolute Gasteiger partial charge is 0.137 e. The van der Waals surface area contributed by atoms with Crippen molar-refractivity contribution in [1.29, 1.82) is 0 Å².